The minimum atomic E-state index is -3.39. The van der Waals surface area contributed by atoms with Gasteiger partial charge in [0.05, 0.1) is 13.4 Å². The molecular weight excluding hydrogens is 392 g/mol. The summed E-state index contributed by atoms with van der Waals surface area (Å²) in [7, 11) is -1.82. The predicted octanol–water partition coefficient (Wildman–Crippen LogP) is 2.31. The number of rotatable bonds is 8. The first-order valence-electron chi connectivity index (χ1n) is 9.46. The highest BCUT2D eigenvalue weighted by atomic mass is 32.2. The molecule has 0 bridgehead atoms. The van der Waals surface area contributed by atoms with Crippen molar-refractivity contribution in [3.63, 3.8) is 0 Å². The number of nitrogens with one attached hydrogen (secondary N) is 1. The summed E-state index contributed by atoms with van der Waals surface area (Å²) in [5.41, 5.74) is 1.89. The highest BCUT2D eigenvalue weighted by molar-refractivity contribution is 7.88. The second-order valence-corrected chi connectivity index (χ2v) is 8.94. The van der Waals surface area contributed by atoms with Crippen LogP contribution >= 0.6 is 0 Å². The number of nitrogens with zero attached hydrogens (tertiary/aromatic N) is 1. The van der Waals surface area contributed by atoms with Gasteiger partial charge in [-0.2, -0.15) is 4.31 Å². The van der Waals surface area contributed by atoms with E-state index in [-0.39, 0.29) is 12.5 Å². The van der Waals surface area contributed by atoms with Crippen molar-refractivity contribution < 1.29 is 22.7 Å². The van der Waals surface area contributed by atoms with Gasteiger partial charge in [0.15, 0.2) is 11.5 Å². The maximum absolute atomic E-state index is 12.5. The summed E-state index contributed by atoms with van der Waals surface area (Å²) in [6.07, 6.45) is 2.36. The lowest BCUT2D eigenvalue weighted by molar-refractivity contribution is -0.124. The van der Waals surface area contributed by atoms with E-state index in [1.54, 1.807) is 7.11 Å². The van der Waals surface area contributed by atoms with E-state index in [2.05, 4.69) is 5.32 Å². The van der Waals surface area contributed by atoms with Crippen molar-refractivity contribution in [2.45, 2.75) is 32.0 Å². The van der Waals surface area contributed by atoms with Crippen LogP contribution in [0.15, 0.2) is 48.5 Å². The summed E-state index contributed by atoms with van der Waals surface area (Å²) < 4.78 is 36.2. The summed E-state index contributed by atoms with van der Waals surface area (Å²) in [4.78, 5) is 12.5. The number of carbonyl (C=O) groups is 1. The lowest BCUT2D eigenvalue weighted by Gasteiger charge is -2.21. The van der Waals surface area contributed by atoms with Crippen molar-refractivity contribution in [3.05, 3.63) is 59.7 Å². The summed E-state index contributed by atoms with van der Waals surface area (Å²) in [5.74, 6) is 0.910. The van der Waals surface area contributed by atoms with Crippen LogP contribution in [0.1, 0.15) is 24.0 Å². The Morgan fingerprint density at radius 3 is 2.59 bits per heavy atom. The quantitative estimate of drug-likeness (QED) is 0.711. The molecule has 2 aromatic rings. The average molecular weight is 419 g/mol. The van der Waals surface area contributed by atoms with Crippen LogP contribution in [-0.2, 0) is 28.0 Å². The zero-order valence-electron chi connectivity index (χ0n) is 16.6. The number of hydrogen-bond donors (Lipinski definition) is 1. The SMILES string of the molecule is COc1cc(CNC(=O)C2CCCN2S(C)(=O)=O)ccc1OCc1ccccc1. The lowest BCUT2D eigenvalue weighted by atomic mass is 10.1. The summed E-state index contributed by atoms with van der Waals surface area (Å²) in [6, 6.07) is 14.7. The Bertz CT molecular complexity index is 947. The van der Waals surface area contributed by atoms with Gasteiger partial charge in [-0.3, -0.25) is 4.79 Å². The second kappa shape index (κ2) is 9.28. The van der Waals surface area contributed by atoms with Crippen molar-refractivity contribution in [2.75, 3.05) is 19.9 Å². The van der Waals surface area contributed by atoms with Crippen LogP contribution in [0.4, 0.5) is 0 Å². The normalized spacial score (nSPS) is 17.1. The topological polar surface area (TPSA) is 84.9 Å². The Morgan fingerprint density at radius 2 is 1.90 bits per heavy atom. The molecule has 1 aliphatic heterocycles. The van der Waals surface area contributed by atoms with Crippen LogP contribution in [0.2, 0.25) is 0 Å². The van der Waals surface area contributed by atoms with Crippen LogP contribution in [-0.4, -0.2) is 44.6 Å². The smallest absolute Gasteiger partial charge is 0.238 e. The van der Waals surface area contributed by atoms with Crippen molar-refractivity contribution in [2.24, 2.45) is 0 Å². The number of hydrogen-bond acceptors (Lipinski definition) is 5. The molecule has 0 radical (unpaired) electrons. The molecule has 0 aromatic heterocycles. The first kappa shape index (κ1) is 21.1. The molecule has 8 heteroatoms. The molecule has 0 spiro atoms. The summed E-state index contributed by atoms with van der Waals surface area (Å²) >= 11 is 0. The van der Waals surface area contributed by atoms with Gasteiger partial charge in [0.25, 0.3) is 0 Å². The van der Waals surface area contributed by atoms with E-state index in [1.807, 2.05) is 48.5 Å². The van der Waals surface area contributed by atoms with Gasteiger partial charge < -0.3 is 14.8 Å². The third-order valence-electron chi connectivity index (χ3n) is 4.86. The Hall–Kier alpha value is -2.58. The van der Waals surface area contributed by atoms with E-state index in [0.29, 0.717) is 37.5 Å². The number of benzene rings is 2. The van der Waals surface area contributed by atoms with E-state index in [1.165, 1.54) is 4.31 Å². The van der Waals surface area contributed by atoms with Gasteiger partial charge in [-0.25, -0.2) is 8.42 Å². The van der Waals surface area contributed by atoms with E-state index in [0.717, 1.165) is 17.4 Å². The third kappa shape index (κ3) is 5.48. The van der Waals surface area contributed by atoms with Gasteiger partial charge >= 0.3 is 0 Å². The molecule has 29 heavy (non-hydrogen) atoms. The Labute approximate surface area is 171 Å². The molecule has 1 saturated heterocycles. The molecule has 1 N–H and O–H groups in total. The van der Waals surface area contributed by atoms with Crippen LogP contribution in [0, 0.1) is 0 Å². The van der Waals surface area contributed by atoms with Gasteiger partial charge in [0, 0.05) is 13.1 Å². The molecule has 1 heterocycles. The van der Waals surface area contributed by atoms with Crippen molar-refractivity contribution in [3.8, 4) is 11.5 Å². The van der Waals surface area contributed by atoms with Crippen molar-refractivity contribution in [1.82, 2.24) is 9.62 Å². The first-order chi connectivity index (χ1) is 13.9. The number of sulfonamides is 1. The lowest BCUT2D eigenvalue weighted by Crippen LogP contribution is -2.45. The standard InChI is InChI=1S/C21H26N2O5S/c1-27-20-13-17(10-11-19(20)28-15-16-7-4-3-5-8-16)14-22-21(24)18-9-6-12-23(18)29(2,25)26/h3-5,7-8,10-11,13,18H,6,9,12,14-15H2,1-2H3,(H,22,24). The van der Waals surface area contributed by atoms with Crippen LogP contribution < -0.4 is 14.8 Å². The van der Waals surface area contributed by atoms with Gasteiger partial charge in [-0.05, 0) is 36.1 Å². The maximum atomic E-state index is 12.5. The number of amides is 1. The van der Waals surface area contributed by atoms with Gasteiger partial charge in [0.1, 0.15) is 12.6 Å². The number of methoxy groups -OCH3 is 1. The minimum absolute atomic E-state index is 0.280. The number of ether oxygens (including phenoxy) is 2. The fourth-order valence-corrected chi connectivity index (χ4v) is 4.51. The summed E-state index contributed by atoms with van der Waals surface area (Å²) in [5, 5.41) is 2.83. The van der Waals surface area contributed by atoms with Gasteiger partial charge in [0.2, 0.25) is 15.9 Å². The Morgan fingerprint density at radius 1 is 1.14 bits per heavy atom. The fraction of sp³-hybridized carbons (Fsp3) is 0.381. The highest BCUT2D eigenvalue weighted by Crippen LogP contribution is 2.29. The van der Waals surface area contributed by atoms with Crippen molar-refractivity contribution in [1.29, 1.82) is 0 Å². The first-order valence-corrected chi connectivity index (χ1v) is 11.3. The monoisotopic (exact) mass is 418 g/mol. The van der Waals surface area contributed by atoms with Crippen LogP contribution in [0.5, 0.6) is 11.5 Å². The zero-order chi connectivity index (χ0) is 20.9. The third-order valence-corrected chi connectivity index (χ3v) is 6.15. The molecule has 156 valence electrons. The molecule has 1 atom stereocenters. The van der Waals surface area contributed by atoms with Gasteiger partial charge in [-0.15, -0.1) is 0 Å². The molecule has 7 nitrogen and oxygen atoms in total. The molecule has 1 aliphatic rings. The molecule has 3 rings (SSSR count). The van der Waals surface area contributed by atoms with Gasteiger partial charge in [-0.1, -0.05) is 36.4 Å². The zero-order valence-corrected chi connectivity index (χ0v) is 17.4. The van der Waals surface area contributed by atoms with E-state index < -0.39 is 16.1 Å². The molecule has 0 aliphatic carbocycles. The summed E-state index contributed by atoms with van der Waals surface area (Å²) in [6.45, 7) is 1.09. The largest absolute Gasteiger partial charge is 0.493 e. The minimum Gasteiger partial charge on any atom is -0.493 e. The molecule has 1 fully saturated rings. The second-order valence-electron chi connectivity index (χ2n) is 7.01. The van der Waals surface area contributed by atoms with Crippen LogP contribution in [0.3, 0.4) is 0 Å². The van der Waals surface area contributed by atoms with Crippen molar-refractivity contribution >= 4 is 15.9 Å². The van der Waals surface area contributed by atoms with Crippen LogP contribution in [0.25, 0.3) is 0 Å². The molecule has 0 saturated carbocycles. The molecular formula is C21H26N2O5S. The maximum Gasteiger partial charge on any atom is 0.238 e. The van der Waals surface area contributed by atoms with E-state index in [4.69, 9.17) is 9.47 Å². The average Bonchev–Trinajstić information content (AvgIpc) is 3.22. The van der Waals surface area contributed by atoms with E-state index in [9.17, 15) is 13.2 Å². The highest BCUT2D eigenvalue weighted by Gasteiger charge is 2.36. The predicted molar refractivity (Wildman–Crippen MR) is 110 cm³/mol. The molecule has 1 unspecified atom stereocenters. The molecule has 1 amide bonds. The van der Waals surface area contributed by atoms with E-state index >= 15 is 0 Å². The molecule has 2 aromatic carbocycles. The number of carbonyl (C=O) groups excluding carboxylic acids is 1. The Balaban J connectivity index is 1.60. The Kier molecular flexibility index (Phi) is 6.76. The fourth-order valence-electron chi connectivity index (χ4n) is 3.38.